The van der Waals surface area contributed by atoms with E-state index in [0.29, 0.717) is 4.32 Å². The number of thiol groups is 1. The fraction of sp³-hybridized carbons (Fsp3) is 0.333. The van der Waals surface area contributed by atoms with Crippen LogP contribution in [-0.4, -0.2) is 22.4 Å². The van der Waals surface area contributed by atoms with Crippen LogP contribution >= 0.6 is 24.8 Å². The van der Waals surface area contributed by atoms with E-state index in [2.05, 4.69) is 28.6 Å². The summed E-state index contributed by atoms with van der Waals surface area (Å²) in [4.78, 5) is 11.7. The van der Waals surface area contributed by atoms with Gasteiger partial charge in [0, 0.05) is 17.8 Å². The summed E-state index contributed by atoms with van der Waals surface area (Å²) in [6, 6.07) is 8.97. The second kappa shape index (κ2) is 7.23. The molecule has 0 aliphatic carbocycles. The second-order valence-corrected chi connectivity index (χ2v) is 5.15. The Labute approximate surface area is 118 Å². The molecule has 1 aromatic carbocycles. The van der Waals surface area contributed by atoms with Crippen LogP contribution in [0.25, 0.3) is 0 Å². The lowest BCUT2D eigenvalue weighted by atomic mass is 10.2. The van der Waals surface area contributed by atoms with Crippen LogP contribution in [0.15, 0.2) is 30.3 Å². The Morgan fingerprint density at radius 1 is 1.17 bits per heavy atom. The lowest BCUT2D eigenvalue weighted by molar-refractivity contribution is 0.247. The first-order chi connectivity index (χ1) is 8.49. The minimum atomic E-state index is -0.243. The minimum Gasteiger partial charge on any atom is -0.367 e. The van der Waals surface area contributed by atoms with Gasteiger partial charge in [-0.3, -0.25) is 0 Å². The molecule has 1 aromatic rings. The van der Waals surface area contributed by atoms with E-state index < -0.39 is 0 Å². The number of nitrogens with one attached hydrogen (secondary N) is 3. The van der Waals surface area contributed by atoms with Crippen molar-refractivity contribution in [1.82, 2.24) is 10.6 Å². The van der Waals surface area contributed by atoms with Crippen molar-refractivity contribution in [2.75, 3.05) is 5.32 Å². The predicted octanol–water partition coefficient (Wildman–Crippen LogP) is 2.39. The predicted molar refractivity (Wildman–Crippen MR) is 82.2 cm³/mol. The van der Waals surface area contributed by atoms with Gasteiger partial charge in [-0.25, -0.2) is 4.79 Å². The highest BCUT2D eigenvalue weighted by molar-refractivity contribution is 8.11. The van der Waals surface area contributed by atoms with Crippen LogP contribution in [0.3, 0.4) is 0 Å². The Hall–Kier alpha value is -1.27. The van der Waals surface area contributed by atoms with Crippen LogP contribution < -0.4 is 16.0 Å². The Morgan fingerprint density at radius 2 is 1.72 bits per heavy atom. The third kappa shape index (κ3) is 5.37. The van der Waals surface area contributed by atoms with Crippen molar-refractivity contribution in [3.05, 3.63) is 30.3 Å². The number of amides is 2. The van der Waals surface area contributed by atoms with Crippen molar-refractivity contribution in [3.63, 3.8) is 0 Å². The van der Waals surface area contributed by atoms with Crippen molar-refractivity contribution in [1.29, 1.82) is 0 Å². The zero-order chi connectivity index (χ0) is 13.5. The second-order valence-electron chi connectivity index (χ2n) is 3.99. The Bertz CT molecular complexity index is 411. The number of thiocarbonyl (C=S) groups is 1. The number of para-hydroxylation sites is 1. The zero-order valence-electron chi connectivity index (χ0n) is 10.3. The van der Waals surface area contributed by atoms with E-state index in [9.17, 15) is 4.79 Å². The van der Waals surface area contributed by atoms with E-state index in [-0.39, 0.29) is 18.1 Å². The summed E-state index contributed by atoms with van der Waals surface area (Å²) in [6.07, 6.45) is 0. The van der Waals surface area contributed by atoms with Crippen molar-refractivity contribution >= 4 is 40.9 Å². The maximum absolute atomic E-state index is 11.7. The molecule has 4 nitrogen and oxygen atoms in total. The number of benzene rings is 1. The molecule has 1 rings (SSSR count). The fourth-order valence-electron chi connectivity index (χ4n) is 1.34. The molecule has 2 unspecified atom stereocenters. The quantitative estimate of drug-likeness (QED) is 0.507. The average Bonchev–Trinajstić information content (AvgIpc) is 2.29. The molecule has 0 heterocycles. The summed E-state index contributed by atoms with van der Waals surface area (Å²) in [6.45, 7) is 3.82. The highest BCUT2D eigenvalue weighted by atomic mass is 32.1. The van der Waals surface area contributed by atoms with E-state index in [1.54, 1.807) is 0 Å². The maximum Gasteiger partial charge on any atom is 0.319 e. The normalized spacial score (nSPS) is 13.3. The highest BCUT2D eigenvalue weighted by Gasteiger charge is 2.14. The van der Waals surface area contributed by atoms with Crippen LogP contribution in [0.1, 0.15) is 13.8 Å². The van der Waals surface area contributed by atoms with Crippen molar-refractivity contribution in [2.45, 2.75) is 25.9 Å². The molecule has 0 aliphatic heterocycles. The van der Waals surface area contributed by atoms with Gasteiger partial charge >= 0.3 is 6.03 Å². The van der Waals surface area contributed by atoms with Crippen molar-refractivity contribution in [2.24, 2.45) is 0 Å². The number of hydrogen-bond donors (Lipinski definition) is 4. The molecule has 6 heteroatoms. The summed E-state index contributed by atoms with van der Waals surface area (Å²) in [5, 5.41) is 8.54. The molecular weight excluding hydrogens is 266 g/mol. The monoisotopic (exact) mass is 283 g/mol. The van der Waals surface area contributed by atoms with Gasteiger partial charge in [0.1, 0.15) is 4.32 Å². The Morgan fingerprint density at radius 3 is 2.28 bits per heavy atom. The molecule has 18 heavy (non-hydrogen) atoms. The summed E-state index contributed by atoms with van der Waals surface area (Å²) in [5.74, 6) is 0. The van der Waals surface area contributed by atoms with E-state index in [0.717, 1.165) is 5.69 Å². The van der Waals surface area contributed by atoms with Gasteiger partial charge in [-0.1, -0.05) is 30.4 Å². The average molecular weight is 283 g/mol. The topological polar surface area (TPSA) is 53.2 Å². The number of anilines is 1. The maximum atomic E-state index is 11.7. The first-order valence-corrected chi connectivity index (χ1v) is 6.46. The summed E-state index contributed by atoms with van der Waals surface area (Å²) in [7, 11) is 0. The van der Waals surface area contributed by atoms with Crippen LogP contribution in [0.2, 0.25) is 0 Å². The molecule has 0 aromatic heterocycles. The molecule has 0 fully saturated rings. The highest BCUT2D eigenvalue weighted by Crippen LogP contribution is 2.04. The third-order valence-electron chi connectivity index (χ3n) is 2.49. The molecule has 0 bridgehead atoms. The Balaban J connectivity index is 2.42. The fourth-order valence-corrected chi connectivity index (χ4v) is 1.73. The lowest BCUT2D eigenvalue weighted by Gasteiger charge is -2.22. The molecule has 0 saturated carbocycles. The van der Waals surface area contributed by atoms with Crippen LogP contribution in [-0.2, 0) is 0 Å². The molecule has 0 radical (unpaired) electrons. The first kappa shape index (κ1) is 14.8. The molecule has 0 saturated heterocycles. The largest absolute Gasteiger partial charge is 0.367 e. The van der Waals surface area contributed by atoms with Crippen LogP contribution in [0.4, 0.5) is 10.5 Å². The van der Waals surface area contributed by atoms with Crippen molar-refractivity contribution in [3.8, 4) is 0 Å². The first-order valence-electron chi connectivity index (χ1n) is 5.61. The molecule has 0 aliphatic rings. The smallest absolute Gasteiger partial charge is 0.319 e. The summed E-state index contributed by atoms with van der Waals surface area (Å²) >= 11 is 8.83. The van der Waals surface area contributed by atoms with Gasteiger partial charge in [0.2, 0.25) is 0 Å². The summed E-state index contributed by atoms with van der Waals surface area (Å²) < 4.78 is 0.416. The SMILES string of the molecule is CC(NC(=O)Nc1ccccc1)C(C)NC(=S)S. The van der Waals surface area contributed by atoms with Gasteiger partial charge in [-0.2, -0.15) is 0 Å². The molecule has 98 valence electrons. The van der Waals surface area contributed by atoms with E-state index in [4.69, 9.17) is 12.2 Å². The number of hydrogen-bond acceptors (Lipinski definition) is 2. The van der Waals surface area contributed by atoms with E-state index in [1.807, 2.05) is 44.2 Å². The molecule has 0 spiro atoms. The van der Waals surface area contributed by atoms with E-state index in [1.165, 1.54) is 0 Å². The minimum absolute atomic E-state index is 0.0107. The Kier molecular flexibility index (Phi) is 5.94. The van der Waals surface area contributed by atoms with Crippen LogP contribution in [0, 0.1) is 0 Å². The number of carbonyl (C=O) groups is 1. The van der Waals surface area contributed by atoms with Crippen LogP contribution in [0.5, 0.6) is 0 Å². The lowest BCUT2D eigenvalue weighted by Crippen LogP contribution is -2.48. The number of rotatable bonds is 4. The molecule has 2 atom stereocenters. The van der Waals surface area contributed by atoms with Gasteiger partial charge in [-0.15, -0.1) is 12.6 Å². The van der Waals surface area contributed by atoms with Crippen molar-refractivity contribution < 1.29 is 4.79 Å². The third-order valence-corrected chi connectivity index (χ3v) is 2.74. The van der Waals surface area contributed by atoms with Gasteiger partial charge in [0.05, 0.1) is 0 Å². The van der Waals surface area contributed by atoms with Gasteiger partial charge in [-0.05, 0) is 26.0 Å². The summed E-state index contributed by atoms with van der Waals surface area (Å²) in [5.41, 5.74) is 0.757. The standard InChI is InChI=1S/C12H17N3OS2/c1-8(9(2)14-12(17)18)13-11(16)15-10-6-4-3-5-7-10/h3-9H,1-2H3,(H2,13,15,16)(H2,14,17,18). The molecule has 3 N–H and O–H groups in total. The number of carbonyl (C=O) groups excluding carboxylic acids is 1. The van der Waals surface area contributed by atoms with E-state index >= 15 is 0 Å². The van der Waals surface area contributed by atoms with Gasteiger partial charge in [0.25, 0.3) is 0 Å². The number of urea groups is 1. The molecular formula is C12H17N3OS2. The van der Waals surface area contributed by atoms with Gasteiger partial charge < -0.3 is 16.0 Å². The van der Waals surface area contributed by atoms with Gasteiger partial charge in [0.15, 0.2) is 0 Å². The zero-order valence-corrected chi connectivity index (χ0v) is 12.0. The molecule has 2 amide bonds.